The molecule has 0 saturated carbocycles. The van der Waals surface area contributed by atoms with Gasteiger partial charge in [0.05, 0.1) is 6.26 Å². The van der Waals surface area contributed by atoms with Crippen LogP contribution in [0.15, 0.2) is 291 Å². The highest BCUT2D eigenvalue weighted by Crippen LogP contribution is 2.36. The molecule has 0 unspecified atom stereocenters. The quantitative estimate of drug-likeness (QED) is 0.0239. The lowest BCUT2D eigenvalue weighted by atomic mass is 9.92. The second-order valence-corrected chi connectivity index (χ2v) is 27.4. The molecule has 0 aromatic heterocycles. The molecule has 12 aromatic carbocycles. The van der Waals surface area contributed by atoms with E-state index in [1.807, 2.05) is 176 Å². The molecule has 0 aliphatic heterocycles. The molecule has 12 aromatic rings. The maximum atomic E-state index is 11.5. The highest BCUT2D eigenvalue weighted by molar-refractivity contribution is 7.92. The van der Waals surface area contributed by atoms with Crippen LogP contribution in [0.2, 0.25) is 0 Å². The Morgan fingerprint density at radius 2 is 0.537 bits per heavy atom. The van der Waals surface area contributed by atoms with Crippen molar-refractivity contribution in [2.24, 2.45) is 22.9 Å². The smallest absolute Gasteiger partial charge is 0.229 e. The zero-order valence-corrected chi connectivity index (χ0v) is 61.2. The van der Waals surface area contributed by atoms with E-state index in [9.17, 15) is 42.0 Å². The Bertz CT molecular complexity index is 5090. The summed E-state index contributed by atoms with van der Waals surface area (Å²) in [6, 6.07) is 95.3. The lowest BCUT2D eigenvalue weighted by Gasteiger charge is -2.13. The van der Waals surface area contributed by atoms with Gasteiger partial charge in [-0.25, -0.2) is 8.42 Å². The molecule has 0 radical (unpaired) electrons. The predicted molar refractivity (Wildman–Crippen MR) is 436 cm³/mol. The van der Waals surface area contributed by atoms with E-state index in [0.717, 1.165) is 135 Å². The first-order valence-electron chi connectivity index (χ1n) is 35.1. The molecular weight excluding hydrogens is 1370 g/mol. The van der Waals surface area contributed by atoms with E-state index in [0.29, 0.717) is 37.8 Å². The van der Waals surface area contributed by atoms with Gasteiger partial charge in [-0.05, 0) is 185 Å². The highest BCUT2D eigenvalue weighted by Gasteiger charge is 2.16. The number of nitrogens with one attached hydrogen (secondary N) is 4. The van der Waals surface area contributed by atoms with E-state index in [4.69, 9.17) is 22.9 Å². The molecule has 0 aliphatic carbocycles. The third kappa shape index (κ3) is 24.4. The molecule has 17 nitrogen and oxygen atoms in total. The van der Waals surface area contributed by atoms with Crippen molar-refractivity contribution in [2.45, 2.75) is 65.2 Å². The van der Waals surface area contributed by atoms with Crippen LogP contribution in [0.5, 0.6) is 0 Å². The van der Waals surface area contributed by atoms with Crippen LogP contribution < -0.4 is 43.6 Å². The third-order valence-electron chi connectivity index (χ3n) is 17.3. The van der Waals surface area contributed by atoms with Gasteiger partial charge >= 0.3 is 0 Å². The van der Waals surface area contributed by atoms with E-state index in [2.05, 4.69) is 118 Å². The Morgan fingerprint density at radius 3 is 0.787 bits per heavy atom. The van der Waals surface area contributed by atoms with Crippen LogP contribution in [0.25, 0.3) is 89.0 Å². The van der Waals surface area contributed by atoms with Gasteiger partial charge in [0.25, 0.3) is 0 Å². The molecule has 12 N–H and O–H groups in total. The summed E-state index contributed by atoms with van der Waals surface area (Å²) in [5.74, 6) is -1.54. The molecule has 0 saturated heterocycles. The zero-order valence-electron chi connectivity index (χ0n) is 60.3. The molecule has 0 spiro atoms. The summed E-state index contributed by atoms with van der Waals surface area (Å²) >= 11 is 0. The summed E-state index contributed by atoms with van der Waals surface area (Å²) in [5, 5.41) is 8.29. The van der Waals surface area contributed by atoms with Gasteiger partial charge < -0.3 is 38.9 Å². The topological polar surface area (TPSA) is 306 Å². The van der Waals surface area contributed by atoms with E-state index in [1.165, 1.54) is 13.8 Å². The Morgan fingerprint density at radius 1 is 0.296 bits per heavy atom. The fourth-order valence-electron chi connectivity index (χ4n) is 12.3. The number of carbonyl (C=O) groups excluding carboxylic acids is 7. The molecule has 0 aliphatic rings. The van der Waals surface area contributed by atoms with Crippen molar-refractivity contribution in [3.63, 3.8) is 0 Å². The first-order valence-corrected chi connectivity index (χ1v) is 36.9. The van der Waals surface area contributed by atoms with Crippen molar-refractivity contribution in [1.82, 2.24) is 0 Å². The van der Waals surface area contributed by atoms with Crippen LogP contribution in [0.3, 0.4) is 0 Å². The molecule has 0 fully saturated rings. The van der Waals surface area contributed by atoms with Gasteiger partial charge in [0.15, 0.2) is 0 Å². The number of nitrogens with two attached hydrogens (primary N) is 4. The summed E-state index contributed by atoms with van der Waals surface area (Å²) < 4.78 is 25.6. The highest BCUT2D eigenvalue weighted by atomic mass is 32.2. The minimum Gasteiger partial charge on any atom is -0.370 e. The first kappa shape index (κ1) is 78.8. The number of sulfonamides is 1. The Hall–Kier alpha value is -13.3. The molecule has 546 valence electrons. The van der Waals surface area contributed by atoms with Crippen molar-refractivity contribution in [3.8, 4) is 89.0 Å². The lowest BCUT2D eigenvalue weighted by molar-refractivity contribution is -0.118. The maximum absolute atomic E-state index is 11.5. The fourth-order valence-corrected chi connectivity index (χ4v) is 12.9. The Balaban J connectivity index is 0.000000166. The van der Waals surface area contributed by atoms with E-state index >= 15 is 0 Å². The van der Waals surface area contributed by atoms with Gasteiger partial charge in [0.2, 0.25) is 51.9 Å². The second kappa shape index (κ2) is 39.0. The summed E-state index contributed by atoms with van der Waals surface area (Å²) in [5.41, 5.74) is 44.9. The summed E-state index contributed by atoms with van der Waals surface area (Å²) in [6.07, 6.45) is 5.09. The molecule has 18 heteroatoms. The summed E-state index contributed by atoms with van der Waals surface area (Å²) in [4.78, 5) is 78.7. The van der Waals surface area contributed by atoms with Crippen molar-refractivity contribution in [2.75, 3.05) is 26.9 Å². The number of benzene rings is 12. The van der Waals surface area contributed by atoms with Crippen molar-refractivity contribution < 1.29 is 42.0 Å². The third-order valence-corrected chi connectivity index (χ3v) is 17.9. The number of carbonyl (C=O) groups is 7. The standard InChI is InChI=1S/2C23H22N2O2.C22H22N2O3S.C22H20N2O2/c2*1-16(26)25-21-9-5-8-19(15-21)22-12-10-18(17-6-3-2-4-7-17)14-20(22)11-13-23(24)27;1-28(26,27)24-20-9-5-8-18(15-20)21-12-10-17(16-6-3-2-4-7-16)14-19(21)11-13-22(23)25;23-22(26)12-10-19-13-17(16-5-2-1-3-6-16)9-11-21(19)18-7-4-8-20(14-18)24-15-25/h2*2-10,12,14-15H,11,13H2,1H3,(H2,24,27)(H,25,26);2-10,12,14-15,24H,11,13H2,1H3,(H2,23,25);1-9,11,13-15H,10,12H2,(H2,23,26)(H,24,25). The van der Waals surface area contributed by atoms with E-state index in [1.54, 1.807) is 18.2 Å². The summed E-state index contributed by atoms with van der Waals surface area (Å²) in [7, 11) is -3.36. The average molecular weight is 1460 g/mol. The maximum Gasteiger partial charge on any atom is 0.229 e. The van der Waals surface area contributed by atoms with Gasteiger partial charge in [0, 0.05) is 62.3 Å². The Kier molecular flexibility index (Phi) is 28.4. The monoisotopic (exact) mass is 1450 g/mol. The van der Waals surface area contributed by atoms with Crippen molar-refractivity contribution >= 4 is 74.6 Å². The van der Waals surface area contributed by atoms with Crippen LogP contribution in [0.4, 0.5) is 22.7 Å². The van der Waals surface area contributed by atoms with Crippen LogP contribution in [-0.2, 0) is 69.3 Å². The largest absolute Gasteiger partial charge is 0.370 e. The number of hydrogen-bond acceptors (Lipinski definition) is 9. The predicted octanol–water partition coefficient (Wildman–Crippen LogP) is 16.6. The van der Waals surface area contributed by atoms with Crippen LogP contribution >= 0.6 is 0 Å². The first-order chi connectivity index (χ1) is 52.0. The molecule has 12 rings (SSSR count). The van der Waals surface area contributed by atoms with Crippen LogP contribution in [-0.4, -0.2) is 56.5 Å². The normalized spacial score (nSPS) is 10.6. The van der Waals surface area contributed by atoms with Gasteiger partial charge in [-0.15, -0.1) is 0 Å². The SMILES string of the molecule is CC(=O)Nc1cccc(-c2ccc(-c3ccccc3)cc2CCC(N)=O)c1.CC(=O)Nc1cccc(-c2ccc(-c3ccccc3)cc2CCC(N)=O)c1.CS(=O)(=O)Nc1cccc(-c2ccc(-c3ccccc3)cc2CCC(N)=O)c1.NC(=O)CCc1cc(-c2ccccc2)ccc1-c1cccc(NC=O)c1. The van der Waals surface area contributed by atoms with Gasteiger partial charge in [0.1, 0.15) is 0 Å². The Labute approximate surface area is 630 Å². The number of amides is 7. The van der Waals surface area contributed by atoms with Gasteiger partial charge in [-0.2, -0.15) is 0 Å². The van der Waals surface area contributed by atoms with E-state index in [-0.39, 0.29) is 61.1 Å². The molecule has 0 heterocycles. The minimum absolute atomic E-state index is 0.111. The fraction of sp³-hybridized carbons (Fsp3) is 0.122. The number of primary amides is 4. The van der Waals surface area contributed by atoms with Crippen LogP contribution in [0.1, 0.15) is 61.8 Å². The number of aryl methyl sites for hydroxylation is 4. The van der Waals surface area contributed by atoms with Gasteiger partial charge in [-0.1, -0.05) is 243 Å². The molecular formula is C90H86N8O9S. The summed E-state index contributed by atoms with van der Waals surface area (Å²) in [6.45, 7) is 2.97. The molecule has 0 bridgehead atoms. The van der Waals surface area contributed by atoms with Crippen LogP contribution in [0, 0.1) is 0 Å². The number of hydrogen-bond donors (Lipinski definition) is 8. The van der Waals surface area contributed by atoms with Gasteiger partial charge in [-0.3, -0.25) is 38.3 Å². The average Bonchev–Trinajstić information content (AvgIpc) is 0.826. The number of anilines is 4. The molecule has 0 atom stereocenters. The number of rotatable bonds is 26. The minimum atomic E-state index is -3.36. The zero-order chi connectivity index (χ0) is 77.0. The van der Waals surface area contributed by atoms with E-state index < -0.39 is 10.0 Å². The van der Waals surface area contributed by atoms with Crippen molar-refractivity contribution in [3.05, 3.63) is 313 Å². The second-order valence-electron chi connectivity index (χ2n) is 25.6. The van der Waals surface area contributed by atoms with Crippen molar-refractivity contribution in [1.29, 1.82) is 0 Å². The lowest BCUT2D eigenvalue weighted by Crippen LogP contribution is -2.11. The molecule has 108 heavy (non-hydrogen) atoms. The molecule has 7 amide bonds.